The van der Waals surface area contributed by atoms with Crippen molar-refractivity contribution in [3.05, 3.63) is 0 Å². The van der Waals surface area contributed by atoms with E-state index in [0.717, 1.165) is 44.9 Å². The van der Waals surface area contributed by atoms with Gasteiger partial charge in [0.1, 0.15) is 0 Å². The minimum Gasteiger partial charge on any atom is -0.481 e. The Balaban J connectivity index is 1.56. The standard InChI is InChI=1S/C26H43NO5/c1-14(5-8-23(31)32)18-6-7-19-24-20(13-22(30)26(18,19)4)25(3)10-9-17(27-15(2)28)11-16(25)12-21(24)29/h14,16-22,24,29-30H,5-13H2,1-4H3,(H,27,28)(H,31,32)/t14-,16+,17+,18-,19?,20?,21-,22+,24?,25+,26-/m1/s1. The number of carboxylic acids is 1. The van der Waals surface area contributed by atoms with Gasteiger partial charge in [0.2, 0.25) is 5.91 Å². The number of hydrogen-bond donors (Lipinski definition) is 4. The van der Waals surface area contributed by atoms with Gasteiger partial charge in [0.15, 0.2) is 0 Å². The summed E-state index contributed by atoms with van der Waals surface area (Å²) in [7, 11) is 0. The van der Waals surface area contributed by atoms with Crippen LogP contribution in [0, 0.1) is 46.3 Å². The Kier molecular flexibility index (Phi) is 6.43. The molecule has 4 rings (SSSR count). The Labute approximate surface area is 192 Å². The zero-order valence-electron chi connectivity index (χ0n) is 20.2. The van der Waals surface area contributed by atoms with Crippen molar-refractivity contribution in [2.75, 3.05) is 0 Å². The van der Waals surface area contributed by atoms with Gasteiger partial charge in [-0.2, -0.15) is 0 Å². The first kappa shape index (κ1) is 24.0. The molecule has 0 aliphatic heterocycles. The molecule has 0 aromatic heterocycles. The number of aliphatic hydroxyl groups excluding tert-OH is 2. The maximum absolute atomic E-state index is 11.6. The highest BCUT2D eigenvalue weighted by atomic mass is 16.4. The Morgan fingerprint density at radius 3 is 2.44 bits per heavy atom. The van der Waals surface area contributed by atoms with E-state index in [1.807, 2.05) is 0 Å². The van der Waals surface area contributed by atoms with E-state index >= 15 is 0 Å². The fraction of sp³-hybridized carbons (Fsp3) is 0.923. The van der Waals surface area contributed by atoms with Crippen molar-refractivity contribution in [2.45, 2.75) is 104 Å². The molecule has 4 saturated carbocycles. The number of aliphatic carboxylic acids is 1. The summed E-state index contributed by atoms with van der Waals surface area (Å²) in [6, 6.07) is 0.194. The molecule has 4 fully saturated rings. The van der Waals surface area contributed by atoms with Crippen molar-refractivity contribution in [3.63, 3.8) is 0 Å². The molecule has 0 radical (unpaired) electrons. The van der Waals surface area contributed by atoms with Gasteiger partial charge in [-0.05, 0) is 97.7 Å². The lowest BCUT2D eigenvalue weighted by Gasteiger charge is -2.63. The highest BCUT2D eigenvalue weighted by molar-refractivity contribution is 5.73. The Morgan fingerprint density at radius 2 is 1.78 bits per heavy atom. The quantitative estimate of drug-likeness (QED) is 0.513. The van der Waals surface area contributed by atoms with Crippen LogP contribution in [0.3, 0.4) is 0 Å². The van der Waals surface area contributed by atoms with Gasteiger partial charge in [0.05, 0.1) is 12.2 Å². The summed E-state index contributed by atoms with van der Waals surface area (Å²) < 4.78 is 0. The van der Waals surface area contributed by atoms with Crippen LogP contribution in [-0.4, -0.2) is 45.4 Å². The molecule has 3 unspecified atom stereocenters. The Bertz CT molecular complexity index is 742. The number of hydrogen-bond acceptors (Lipinski definition) is 4. The van der Waals surface area contributed by atoms with Gasteiger partial charge < -0.3 is 20.6 Å². The van der Waals surface area contributed by atoms with Crippen LogP contribution in [0.5, 0.6) is 0 Å². The topological polar surface area (TPSA) is 107 Å². The van der Waals surface area contributed by atoms with Gasteiger partial charge >= 0.3 is 5.97 Å². The number of aliphatic hydroxyl groups is 2. The second-order valence-electron chi connectivity index (χ2n) is 12.2. The molecular weight excluding hydrogens is 406 g/mol. The molecule has 4 aliphatic carbocycles. The fourth-order valence-electron chi connectivity index (χ4n) is 9.13. The molecule has 6 nitrogen and oxygen atoms in total. The maximum atomic E-state index is 11.6. The minimum absolute atomic E-state index is 0.0192. The molecule has 11 atom stereocenters. The van der Waals surface area contributed by atoms with E-state index in [1.54, 1.807) is 6.92 Å². The van der Waals surface area contributed by atoms with Crippen molar-refractivity contribution < 1.29 is 24.9 Å². The highest BCUT2D eigenvalue weighted by Crippen LogP contribution is 2.68. The van der Waals surface area contributed by atoms with E-state index in [2.05, 4.69) is 26.1 Å². The van der Waals surface area contributed by atoms with E-state index < -0.39 is 12.1 Å². The van der Waals surface area contributed by atoms with Gasteiger partial charge in [-0.1, -0.05) is 20.8 Å². The lowest BCUT2D eigenvalue weighted by molar-refractivity contribution is -0.202. The number of carboxylic acid groups (broad SMARTS) is 1. The fourth-order valence-corrected chi connectivity index (χ4v) is 9.13. The zero-order valence-corrected chi connectivity index (χ0v) is 20.2. The van der Waals surface area contributed by atoms with Gasteiger partial charge in [0.25, 0.3) is 0 Å². The summed E-state index contributed by atoms with van der Waals surface area (Å²) in [5, 5.41) is 35.2. The third kappa shape index (κ3) is 3.79. The summed E-state index contributed by atoms with van der Waals surface area (Å²) in [5.41, 5.74) is -0.162. The average Bonchev–Trinajstić information content (AvgIpc) is 3.06. The molecule has 0 aromatic rings. The van der Waals surface area contributed by atoms with E-state index in [1.165, 1.54) is 0 Å². The number of fused-ring (bicyclic) bond motifs is 5. The molecule has 0 saturated heterocycles. The predicted octanol–water partition coefficient (Wildman–Crippen LogP) is 3.59. The number of amides is 1. The predicted molar refractivity (Wildman–Crippen MR) is 122 cm³/mol. The van der Waals surface area contributed by atoms with E-state index in [4.69, 9.17) is 5.11 Å². The molecule has 182 valence electrons. The van der Waals surface area contributed by atoms with Crippen molar-refractivity contribution in [3.8, 4) is 0 Å². The molecule has 0 heterocycles. The van der Waals surface area contributed by atoms with Crippen LogP contribution < -0.4 is 5.32 Å². The third-order valence-electron chi connectivity index (χ3n) is 10.8. The SMILES string of the molecule is CC(=O)N[C@H]1CC[C@]2(C)C3C[C@H](O)[C@@]4(C)C(CC[C@@H]4[C@H](C)CCC(=O)O)C3[C@H](O)C[C@@H]2C1. The minimum atomic E-state index is -0.752. The van der Waals surface area contributed by atoms with Gasteiger partial charge in [-0.3, -0.25) is 9.59 Å². The van der Waals surface area contributed by atoms with Crippen molar-refractivity contribution in [2.24, 2.45) is 46.3 Å². The number of rotatable bonds is 5. The normalized spacial score (nSPS) is 48.8. The lowest BCUT2D eigenvalue weighted by Crippen LogP contribution is -2.63. The molecule has 4 N–H and O–H groups in total. The Hall–Kier alpha value is -1.14. The molecule has 0 aromatic carbocycles. The smallest absolute Gasteiger partial charge is 0.303 e. The molecule has 4 aliphatic rings. The summed E-state index contributed by atoms with van der Waals surface area (Å²) >= 11 is 0. The molecule has 32 heavy (non-hydrogen) atoms. The zero-order chi connectivity index (χ0) is 23.4. The van der Waals surface area contributed by atoms with Gasteiger partial charge in [0, 0.05) is 19.4 Å². The third-order valence-corrected chi connectivity index (χ3v) is 10.8. The van der Waals surface area contributed by atoms with E-state index in [0.29, 0.717) is 24.2 Å². The van der Waals surface area contributed by atoms with Gasteiger partial charge in [-0.15, -0.1) is 0 Å². The van der Waals surface area contributed by atoms with Crippen LogP contribution in [0.2, 0.25) is 0 Å². The monoisotopic (exact) mass is 449 g/mol. The van der Waals surface area contributed by atoms with Crippen molar-refractivity contribution in [1.82, 2.24) is 5.32 Å². The van der Waals surface area contributed by atoms with Crippen LogP contribution in [0.4, 0.5) is 0 Å². The van der Waals surface area contributed by atoms with E-state index in [9.17, 15) is 19.8 Å². The van der Waals surface area contributed by atoms with Crippen molar-refractivity contribution in [1.29, 1.82) is 0 Å². The first-order valence-corrected chi connectivity index (χ1v) is 12.8. The molecule has 6 heteroatoms. The molecule has 0 spiro atoms. The first-order chi connectivity index (χ1) is 15.0. The van der Waals surface area contributed by atoms with E-state index in [-0.39, 0.29) is 53.1 Å². The molecular formula is C26H43NO5. The second kappa shape index (κ2) is 8.57. The van der Waals surface area contributed by atoms with Crippen LogP contribution in [-0.2, 0) is 9.59 Å². The van der Waals surface area contributed by atoms with Crippen LogP contribution in [0.1, 0.15) is 85.5 Å². The second-order valence-corrected chi connectivity index (χ2v) is 12.2. The van der Waals surface area contributed by atoms with Crippen LogP contribution >= 0.6 is 0 Å². The summed E-state index contributed by atoms with van der Waals surface area (Å²) in [6.45, 7) is 8.33. The maximum Gasteiger partial charge on any atom is 0.303 e. The lowest BCUT2D eigenvalue weighted by atomic mass is 9.43. The van der Waals surface area contributed by atoms with Crippen LogP contribution in [0.15, 0.2) is 0 Å². The summed E-state index contributed by atoms with van der Waals surface area (Å²) in [4.78, 5) is 22.7. The number of carbonyl (C=O) groups excluding carboxylic acids is 1. The average molecular weight is 450 g/mol. The Morgan fingerprint density at radius 1 is 1.06 bits per heavy atom. The highest BCUT2D eigenvalue weighted by Gasteiger charge is 2.65. The first-order valence-electron chi connectivity index (χ1n) is 12.8. The summed E-state index contributed by atoms with van der Waals surface area (Å²) in [5.74, 6) is 0.986. The largest absolute Gasteiger partial charge is 0.481 e. The van der Waals surface area contributed by atoms with Gasteiger partial charge in [-0.25, -0.2) is 0 Å². The van der Waals surface area contributed by atoms with Crippen molar-refractivity contribution >= 4 is 11.9 Å². The molecule has 0 bridgehead atoms. The van der Waals surface area contributed by atoms with Crippen LogP contribution in [0.25, 0.3) is 0 Å². The molecule has 1 amide bonds. The number of carbonyl (C=O) groups is 2. The number of nitrogens with one attached hydrogen (secondary N) is 1. The summed E-state index contributed by atoms with van der Waals surface area (Å²) in [6.07, 6.45) is 6.53.